The van der Waals surface area contributed by atoms with Gasteiger partial charge in [-0.2, -0.15) is 0 Å². The number of carbonyl (C=O) groups excluding carboxylic acids is 1. The zero-order valence-electron chi connectivity index (χ0n) is 29.8. The van der Waals surface area contributed by atoms with Gasteiger partial charge in [-0.1, -0.05) is 40.2 Å². The van der Waals surface area contributed by atoms with Crippen molar-refractivity contribution in [1.29, 1.82) is 0 Å². The minimum absolute atomic E-state index is 0.0567. The van der Waals surface area contributed by atoms with E-state index in [1.165, 1.54) is 18.9 Å². The first kappa shape index (κ1) is 34.4. The van der Waals surface area contributed by atoms with Gasteiger partial charge in [0.25, 0.3) is 0 Å². The van der Waals surface area contributed by atoms with E-state index in [1.54, 1.807) is 13.8 Å². The average Bonchev–Trinajstić information content (AvgIpc) is 3.61. The predicted molar refractivity (Wildman–Crippen MR) is 174 cm³/mol. The lowest BCUT2D eigenvalue weighted by atomic mass is 9.41. The van der Waals surface area contributed by atoms with Crippen LogP contribution in [0, 0.1) is 50.7 Å². The highest BCUT2D eigenvalue weighted by molar-refractivity contribution is 5.66. The van der Waals surface area contributed by atoms with E-state index in [1.807, 2.05) is 0 Å². The molecule has 0 aromatic carbocycles. The molecule has 1 saturated heterocycles. The molecule has 9 nitrogen and oxygen atoms in total. The quantitative estimate of drug-likeness (QED) is 0.166. The molecule has 2 spiro atoms. The molecule has 6 aliphatic carbocycles. The normalized spacial score (nSPS) is 52.4. The molecule has 7 aliphatic rings. The Hall–Kier alpha value is -1.07. The van der Waals surface area contributed by atoms with Crippen molar-refractivity contribution >= 4 is 5.97 Å². The first-order valence-electron chi connectivity index (χ1n) is 18.4. The highest BCUT2D eigenvalue weighted by Crippen LogP contribution is 2.89. The van der Waals surface area contributed by atoms with Crippen LogP contribution in [0.25, 0.3) is 0 Å². The summed E-state index contributed by atoms with van der Waals surface area (Å²) in [7, 11) is 0. The molecule has 266 valence electrons. The van der Waals surface area contributed by atoms with Crippen LogP contribution in [0.5, 0.6) is 0 Å². The summed E-state index contributed by atoms with van der Waals surface area (Å²) in [5.74, 6) is 0.619. The second-order valence-electron chi connectivity index (χ2n) is 18.6. The van der Waals surface area contributed by atoms with Crippen LogP contribution in [0.2, 0.25) is 0 Å². The number of carbonyl (C=O) groups is 1. The second kappa shape index (κ2) is 10.7. The van der Waals surface area contributed by atoms with Crippen molar-refractivity contribution < 1.29 is 44.5 Å². The first-order chi connectivity index (χ1) is 21.8. The number of rotatable bonds is 5. The van der Waals surface area contributed by atoms with E-state index < -0.39 is 42.4 Å². The number of esters is 1. The van der Waals surface area contributed by atoms with E-state index in [-0.39, 0.29) is 57.6 Å². The first-order valence-corrected chi connectivity index (χ1v) is 18.4. The zero-order valence-corrected chi connectivity index (χ0v) is 29.8. The van der Waals surface area contributed by atoms with E-state index >= 15 is 0 Å². The average molecular weight is 661 g/mol. The molecule has 7 rings (SSSR count). The van der Waals surface area contributed by atoms with Gasteiger partial charge in [-0.3, -0.25) is 4.79 Å². The molecule has 1 heterocycles. The fourth-order valence-electron chi connectivity index (χ4n) is 13.8. The van der Waals surface area contributed by atoms with Crippen molar-refractivity contribution in [3.05, 3.63) is 11.1 Å². The van der Waals surface area contributed by atoms with Gasteiger partial charge in [0.05, 0.1) is 24.4 Å². The molecule has 0 aromatic rings. The van der Waals surface area contributed by atoms with Crippen molar-refractivity contribution in [3.63, 3.8) is 0 Å². The summed E-state index contributed by atoms with van der Waals surface area (Å²) in [6.07, 6.45) is 2.89. The van der Waals surface area contributed by atoms with Crippen LogP contribution in [0.1, 0.15) is 113 Å². The summed E-state index contributed by atoms with van der Waals surface area (Å²) >= 11 is 0. The van der Waals surface area contributed by atoms with E-state index in [0.29, 0.717) is 18.3 Å². The molecule has 4 unspecified atom stereocenters. The van der Waals surface area contributed by atoms with Crippen LogP contribution in [-0.2, 0) is 19.0 Å². The molecule has 47 heavy (non-hydrogen) atoms. The minimum Gasteiger partial charge on any atom is -0.459 e. The van der Waals surface area contributed by atoms with Gasteiger partial charge >= 0.3 is 5.97 Å². The van der Waals surface area contributed by atoms with E-state index in [9.17, 15) is 30.3 Å². The maximum atomic E-state index is 12.6. The van der Waals surface area contributed by atoms with Gasteiger partial charge in [-0.15, -0.1) is 0 Å². The van der Waals surface area contributed by atoms with Crippen molar-refractivity contribution in [1.82, 2.24) is 0 Å². The maximum Gasteiger partial charge on any atom is 0.303 e. The zero-order chi connectivity index (χ0) is 34.3. The monoisotopic (exact) mass is 660 g/mol. The van der Waals surface area contributed by atoms with E-state index in [0.717, 1.165) is 50.5 Å². The summed E-state index contributed by atoms with van der Waals surface area (Å²) in [6, 6.07) is 0. The molecule has 1 aliphatic heterocycles. The topological polar surface area (TPSA) is 146 Å². The van der Waals surface area contributed by atoms with Gasteiger partial charge in [0, 0.05) is 18.3 Å². The standard InChI is InChI=1S/C38H60O9/c1-19-15-21(31(34(5,6)44)46-20(2)39)16-22-27(19)35(7)13-14-38-18-37(38)12-11-26(47-32-29(42)28(41)23(40)17-45-32)33(3,4)24(37)9-10-25(38)36(35,8)30(22)43/h19,21,23-26,28-32,40-44H,9-18H2,1-8H3/t19-,21?,23-,24?,25?,26+,28+,29-,30+,31+,32?,35-,36-,37-,38+/m1/s1. The fraction of sp³-hybridized carbons (Fsp3) is 0.921. The third kappa shape index (κ3) is 4.48. The number of ether oxygens (including phenoxy) is 3. The van der Waals surface area contributed by atoms with Gasteiger partial charge in [-0.05, 0) is 117 Å². The molecule has 0 radical (unpaired) electrons. The molecule has 0 amide bonds. The van der Waals surface area contributed by atoms with Gasteiger partial charge in [0.1, 0.15) is 24.4 Å². The Morgan fingerprint density at radius 3 is 2.28 bits per heavy atom. The molecule has 0 aromatic heterocycles. The van der Waals surface area contributed by atoms with Crippen LogP contribution >= 0.6 is 0 Å². The number of allylic oxidation sites excluding steroid dienone is 1. The molecule has 5 fully saturated rings. The molecular weight excluding hydrogens is 600 g/mol. The molecule has 0 bridgehead atoms. The molecule has 9 heteroatoms. The van der Waals surface area contributed by atoms with Crippen LogP contribution in [0.15, 0.2) is 11.1 Å². The summed E-state index contributed by atoms with van der Waals surface area (Å²) < 4.78 is 17.9. The Labute approximate surface area is 280 Å². The SMILES string of the molecule is CC(=O)O[C@@H](C1CC2=C([C@H](C)C1)[C@@]1(C)CC[C@@]34C[C@@]35CC[C@H](OC3OC[C@@H](O)[C@H](O)[C@H]3O)C(C)(C)C5CCC4[C@]1(C)[C@H]2O)C(C)(C)O. The van der Waals surface area contributed by atoms with Crippen LogP contribution in [0.4, 0.5) is 0 Å². The lowest BCUT2D eigenvalue weighted by Gasteiger charge is -2.64. The maximum absolute atomic E-state index is 12.6. The highest BCUT2D eigenvalue weighted by atomic mass is 16.7. The summed E-state index contributed by atoms with van der Waals surface area (Å²) in [5, 5.41) is 54.5. The number of hydrogen-bond donors (Lipinski definition) is 5. The Morgan fingerprint density at radius 2 is 1.62 bits per heavy atom. The van der Waals surface area contributed by atoms with Gasteiger partial charge < -0.3 is 39.7 Å². The molecular formula is C38H60O9. The van der Waals surface area contributed by atoms with Crippen molar-refractivity contribution in [3.8, 4) is 0 Å². The minimum atomic E-state index is -1.29. The van der Waals surface area contributed by atoms with Crippen LogP contribution < -0.4 is 0 Å². The highest BCUT2D eigenvalue weighted by Gasteiger charge is 2.83. The number of aliphatic hydroxyl groups excluding tert-OH is 4. The largest absolute Gasteiger partial charge is 0.459 e. The summed E-state index contributed by atoms with van der Waals surface area (Å²) in [4.78, 5) is 12.1. The summed E-state index contributed by atoms with van der Waals surface area (Å²) in [6.45, 7) is 16.5. The third-order valence-electron chi connectivity index (χ3n) is 15.8. The molecule has 5 N–H and O–H groups in total. The molecule has 4 saturated carbocycles. The Balaban J connectivity index is 1.15. The summed E-state index contributed by atoms with van der Waals surface area (Å²) in [5.41, 5.74) is 1.19. The van der Waals surface area contributed by atoms with Crippen molar-refractivity contribution in [2.45, 2.75) is 162 Å². The smallest absolute Gasteiger partial charge is 0.303 e. The Bertz CT molecular complexity index is 1320. The van der Waals surface area contributed by atoms with E-state index in [4.69, 9.17) is 14.2 Å². The number of fused-ring (bicyclic) bond motifs is 3. The third-order valence-corrected chi connectivity index (χ3v) is 15.8. The molecule has 15 atom stereocenters. The number of hydrogen-bond acceptors (Lipinski definition) is 9. The number of aliphatic hydroxyl groups is 5. The van der Waals surface area contributed by atoms with Gasteiger partial charge in [0.2, 0.25) is 0 Å². The van der Waals surface area contributed by atoms with E-state index in [2.05, 4.69) is 34.6 Å². The van der Waals surface area contributed by atoms with Gasteiger partial charge in [-0.25, -0.2) is 0 Å². The lowest BCUT2D eigenvalue weighted by molar-refractivity contribution is -0.302. The predicted octanol–water partition coefficient (Wildman–Crippen LogP) is 4.26. The fourth-order valence-corrected chi connectivity index (χ4v) is 13.8. The van der Waals surface area contributed by atoms with Gasteiger partial charge in [0.15, 0.2) is 6.29 Å². The lowest BCUT2D eigenvalue weighted by Crippen LogP contribution is -2.61. The van der Waals surface area contributed by atoms with Crippen molar-refractivity contribution in [2.24, 2.45) is 50.7 Å². The second-order valence-corrected chi connectivity index (χ2v) is 18.6. The Kier molecular flexibility index (Phi) is 7.84. The Morgan fingerprint density at radius 1 is 0.957 bits per heavy atom. The van der Waals surface area contributed by atoms with Crippen molar-refractivity contribution in [2.75, 3.05) is 6.61 Å². The van der Waals surface area contributed by atoms with Crippen LogP contribution in [0.3, 0.4) is 0 Å². The van der Waals surface area contributed by atoms with Crippen LogP contribution in [-0.4, -0.2) is 86.6 Å².